The van der Waals surface area contributed by atoms with Crippen molar-refractivity contribution >= 4 is 17.3 Å². The van der Waals surface area contributed by atoms with Crippen LogP contribution in [0.2, 0.25) is 5.02 Å². The average molecular weight is 400 g/mol. The van der Waals surface area contributed by atoms with Crippen LogP contribution in [-0.4, -0.2) is 18.2 Å². The normalized spacial score (nSPS) is 16.4. The average Bonchev–Trinajstić information content (AvgIpc) is 2.70. The van der Waals surface area contributed by atoms with E-state index in [0.29, 0.717) is 5.02 Å². The molecule has 1 aliphatic rings. The number of benzene rings is 2. The highest BCUT2D eigenvalue weighted by Gasteiger charge is 2.34. The molecule has 1 aliphatic heterocycles. The number of nitrogens with zero attached hydrogens (tertiary/aromatic N) is 1. The summed E-state index contributed by atoms with van der Waals surface area (Å²) in [6.45, 7) is 6.24. The molecule has 2 aromatic carbocycles. The van der Waals surface area contributed by atoms with Crippen molar-refractivity contribution in [1.82, 2.24) is 0 Å². The van der Waals surface area contributed by atoms with Crippen molar-refractivity contribution in [2.75, 3.05) is 18.0 Å². The quantitative estimate of drug-likeness (QED) is 0.502. The fourth-order valence-corrected chi connectivity index (χ4v) is 4.39. The largest absolute Gasteiger partial charge is 0.385 e. The first kappa shape index (κ1) is 21.2. The fraction of sp³-hybridized carbons (Fsp3) is 0.520. The number of piperidine rings is 1. The van der Waals surface area contributed by atoms with Gasteiger partial charge in [-0.25, -0.2) is 0 Å². The fourth-order valence-electron chi connectivity index (χ4n) is 4.26. The van der Waals surface area contributed by atoms with Gasteiger partial charge in [-0.15, -0.1) is 0 Å². The Morgan fingerprint density at radius 2 is 1.64 bits per heavy atom. The monoisotopic (exact) mass is 399 g/mol. The Hall–Kier alpha value is -1.51. The zero-order valence-electron chi connectivity index (χ0n) is 17.4. The number of aliphatic hydroxyl groups is 1. The van der Waals surface area contributed by atoms with Crippen molar-refractivity contribution in [3.05, 3.63) is 64.2 Å². The minimum absolute atomic E-state index is 0.714. The minimum Gasteiger partial charge on any atom is -0.385 e. The Morgan fingerprint density at radius 3 is 2.29 bits per heavy atom. The van der Waals surface area contributed by atoms with E-state index in [2.05, 4.69) is 36.9 Å². The molecule has 0 aromatic heterocycles. The van der Waals surface area contributed by atoms with Crippen LogP contribution in [0, 0.1) is 6.92 Å². The molecule has 0 radical (unpaired) electrons. The van der Waals surface area contributed by atoms with Crippen LogP contribution >= 0.6 is 11.6 Å². The van der Waals surface area contributed by atoms with Gasteiger partial charge in [-0.3, -0.25) is 0 Å². The van der Waals surface area contributed by atoms with Crippen LogP contribution in [0.25, 0.3) is 0 Å². The van der Waals surface area contributed by atoms with Gasteiger partial charge in [-0.05, 0) is 73.6 Å². The third-order valence-electron chi connectivity index (χ3n) is 6.21. The Balaban J connectivity index is 1.56. The number of unbranched alkanes of at least 4 members (excludes halogenated alkanes) is 4. The van der Waals surface area contributed by atoms with Crippen LogP contribution in [-0.2, 0) is 12.0 Å². The number of aryl methyl sites for hydroxylation is 2. The van der Waals surface area contributed by atoms with E-state index in [9.17, 15) is 5.11 Å². The van der Waals surface area contributed by atoms with Crippen molar-refractivity contribution in [1.29, 1.82) is 0 Å². The molecule has 0 atom stereocenters. The molecule has 0 unspecified atom stereocenters. The molecule has 0 saturated carbocycles. The standard InChI is InChI=1S/C25H34ClNO/c1-3-4-5-6-7-8-21-9-14-24(19-20(21)2)27-17-15-25(28,16-18-27)22-10-12-23(26)13-11-22/h9-14,19,28H,3-8,15-18H2,1-2H3. The Labute approximate surface area is 175 Å². The van der Waals surface area contributed by atoms with Gasteiger partial charge in [0, 0.05) is 23.8 Å². The summed E-state index contributed by atoms with van der Waals surface area (Å²) in [6, 6.07) is 14.5. The molecule has 1 fully saturated rings. The maximum Gasteiger partial charge on any atom is 0.0930 e. The molecule has 0 aliphatic carbocycles. The molecule has 152 valence electrons. The predicted molar refractivity (Wildman–Crippen MR) is 120 cm³/mol. The Bertz CT molecular complexity index is 748. The predicted octanol–water partition coefficient (Wildman–Crippen LogP) is 6.65. The number of anilines is 1. The highest BCUT2D eigenvalue weighted by atomic mass is 35.5. The van der Waals surface area contributed by atoms with Crippen LogP contribution in [0.3, 0.4) is 0 Å². The van der Waals surface area contributed by atoms with Crippen LogP contribution in [0.5, 0.6) is 0 Å². The lowest BCUT2D eigenvalue weighted by Crippen LogP contribution is -2.42. The summed E-state index contributed by atoms with van der Waals surface area (Å²) in [6.07, 6.45) is 9.32. The van der Waals surface area contributed by atoms with E-state index >= 15 is 0 Å². The van der Waals surface area contributed by atoms with Gasteiger partial charge in [0.15, 0.2) is 0 Å². The molecule has 0 spiro atoms. The molecule has 3 heteroatoms. The van der Waals surface area contributed by atoms with Crippen LogP contribution in [0.15, 0.2) is 42.5 Å². The van der Waals surface area contributed by atoms with Crippen molar-refractivity contribution in [3.8, 4) is 0 Å². The molecule has 1 heterocycles. The molecule has 1 N–H and O–H groups in total. The van der Waals surface area contributed by atoms with Gasteiger partial charge in [0.2, 0.25) is 0 Å². The highest BCUT2D eigenvalue weighted by molar-refractivity contribution is 6.30. The molecule has 28 heavy (non-hydrogen) atoms. The Morgan fingerprint density at radius 1 is 0.964 bits per heavy atom. The zero-order valence-corrected chi connectivity index (χ0v) is 18.1. The van der Waals surface area contributed by atoms with Gasteiger partial charge in [0.05, 0.1) is 5.60 Å². The molecular formula is C25H34ClNO. The molecule has 2 nitrogen and oxygen atoms in total. The van der Waals surface area contributed by atoms with E-state index in [4.69, 9.17) is 11.6 Å². The molecule has 0 bridgehead atoms. The molecular weight excluding hydrogens is 366 g/mol. The third kappa shape index (κ3) is 5.30. The summed E-state index contributed by atoms with van der Waals surface area (Å²) < 4.78 is 0. The minimum atomic E-state index is -0.742. The van der Waals surface area contributed by atoms with Crippen LogP contribution < -0.4 is 4.90 Å². The van der Waals surface area contributed by atoms with Gasteiger partial charge in [-0.1, -0.05) is 62.4 Å². The topological polar surface area (TPSA) is 23.5 Å². The number of halogens is 1. The second-order valence-electron chi connectivity index (χ2n) is 8.30. The Kier molecular flexibility index (Phi) is 7.42. The second kappa shape index (κ2) is 9.80. The lowest BCUT2D eigenvalue weighted by Gasteiger charge is -2.40. The number of rotatable bonds is 8. The SMILES string of the molecule is CCCCCCCc1ccc(N2CCC(O)(c3ccc(Cl)cc3)CC2)cc1C. The number of hydrogen-bond acceptors (Lipinski definition) is 2. The molecule has 0 amide bonds. The van der Waals surface area contributed by atoms with E-state index in [1.807, 2.05) is 24.3 Å². The van der Waals surface area contributed by atoms with Crippen molar-refractivity contribution in [2.24, 2.45) is 0 Å². The van der Waals surface area contributed by atoms with E-state index in [0.717, 1.165) is 31.5 Å². The lowest BCUT2D eigenvalue weighted by atomic mass is 9.84. The van der Waals surface area contributed by atoms with Gasteiger partial charge in [-0.2, -0.15) is 0 Å². The van der Waals surface area contributed by atoms with E-state index in [1.165, 1.54) is 55.3 Å². The molecule has 1 saturated heterocycles. The van der Waals surface area contributed by atoms with Gasteiger partial charge in [0.1, 0.15) is 0 Å². The van der Waals surface area contributed by atoms with Gasteiger partial charge < -0.3 is 10.0 Å². The maximum atomic E-state index is 11.1. The highest BCUT2D eigenvalue weighted by Crippen LogP contribution is 2.35. The van der Waals surface area contributed by atoms with E-state index in [1.54, 1.807) is 0 Å². The van der Waals surface area contributed by atoms with Crippen molar-refractivity contribution in [2.45, 2.75) is 70.8 Å². The summed E-state index contributed by atoms with van der Waals surface area (Å²) in [5.41, 5.74) is 4.40. The van der Waals surface area contributed by atoms with Gasteiger partial charge in [0.25, 0.3) is 0 Å². The lowest BCUT2D eigenvalue weighted by molar-refractivity contribution is 0.0118. The van der Waals surface area contributed by atoms with Crippen molar-refractivity contribution in [3.63, 3.8) is 0 Å². The third-order valence-corrected chi connectivity index (χ3v) is 6.47. The summed E-state index contributed by atoms with van der Waals surface area (Å²) in [5, 5.41) is 11.8. The van der Waals surface area contributed by atoms with Crippen LogP contribution in [0.4, 0.5) is 5.69 Å². The second-order valence-corrected chi connectivity index (χ2v) is 8.74. The summed E-state index contributed by atoms with van der Waals surface area (Å²) in [7, 11) is 0. The van der Waals surface area contributed by atoms with Gasteiger partial charge >= 0.3 is 0 Å². The maximum absolute atomic E-state index is 11.1. The van der Waals surface area contributed by atoms with Crippen LogP contribution in [0.1, 0.15) is 68.6 Å². The molecule has 3 rings (SSSR count). The first-order valence-electron chi connectivity index (χ1n) is 10.8. The van der Waals surface area contributed by atoms with E-state index in [-0.39, 0.29) is 0 Å². The van der Waals surface area contributed by atoms with E-state index < -0.39 is 5.60 Å². The van der Waals surface area contributed by atoms with Crippen molar-refractivity contribution < 1.29 is 5.11 Å². The number of hydrogen-bond donors (Lipinski definition) is 1. The summed E-state index contributed by atoms with van der Waals surface area (Å²) >= 11 is 5.99. The molecule has 2 aromatic rings. The smallest absolute Gasteiger partial charge is 0.0930 e. The zero-order chi connectivity index (χ0) is 20.0. The first-order valence-corrected chi connectivity index (χ1v) is 11.2. The first-order chi connectivity index (χ1) is 13.5. The summed E-state index contributed by atoms with van der Waals surface area (Å²) in [4.78, 5) is 2.41. The summed E-state index contributed by atoms with van der Waals surface area (Å²) in [5.74, 6) is 0.